The molecule has 0 saturated heterocycles. The van der Waals surface area contributed by atoms with Crippen molar-refractivity contribution in [3.05, 3.63) is 34.1 Å². The van der Waals surface area contributed by atoms with Gasteiger partial charge in [0.25, 0.3) is 0 Å². The van der Waals surface area contributed by atoms with Crippen LogP contribution in [0.15, 0.2) is 22.7 Å². The molecule has 1 rings (SSSR count). The molecule has 18 heavy (non-hydrogen) atoms. The highest BCUT2D eigenvalue weighted by molar-refractivity contribution is 9.10. The first-order valence-corrected chi connectivity index (χ1v) is 7.41. The second kappa shape index (κ2) is 6.32. The Morgan fingerprint density at radius 1 is 1.44 bits per heavy atom. The van der Waals surface area contributed by atoms with Crippen LogP contribution in [0.25, 0.3) is 0 Å². The maximum Gasteiger partial charge on any atom is 0.145 e. The Balaban J connectivity index is 2.66. The zero-order valence-corrected chi connectivity index (χ0v) is 12.9. The van der Waals surface area contributed by atoms with Gasteiger partial charge in [-0.15, -0.1) is 4.72 Å². The SMILES string of the molecule is CC(C)(C)[S@+]([O-])NC[C@H](F)c1cccc(Br)c1F. The smallest absolute Gasteiger partial charge is 0.145 e. The first-order chi connectivity index (χ1) is 8.23. The summed E-state index contributed by atoms with van der Waals surface area (Å²) in [6.45, 7) is 5.16. The number of nitrogens with one attached hydrogen (secondary N) is 1. The fourth-order valence-electron chi connectivity index (χ4n) is 1.24. The van der Waals surface area contributed by atoms with E-state index >= 15 is 0 Å². The Morgan fingerprint density at radius 3 is 2.61 bits per heavy atom. The van der Waals surface area contributed by atoms with Gasteiger partial charge in [0.1, 0.15) is 16.7 Å². The van der Waals surface area contributed by atoms with Crippen molar-refractivity contribution in [3.63, 3.8) is 0 Å². The predicted molar refractivity (Wildman–Crippen MR) is 73.8 cm³/mol. The molecule has 0 amide bonds. The molecule has 0 heterocycles. The van der Waals surface area contributed by atoms with Crippen LogP contribution >= 0.6 is 15.9 Å². The molecule has 2 atom stereocenters. The van der Waals surface area contributed by atoms with Crippen LogP contribution in [0.2, 0.25) is 0 Å². The molecule has 6 heteroatoms. The number of benzene rings is 1. The quantitative estimate of drug-likeness (QED) is 0.849. The Hall–Kier alpha value is -0.170. The lowest BCUT2D eigenvalue weighted by atomic mass is 10.1. The lowest BCUT2D eigenvalue weighted by Gasteiger charge is -2.24. The van der Waals surface area contributed by atoms with Crippen LogP contribution in [0.1, 0.15) is 32.5 Å². The monoisotopic (exact) mass is 339 g/mol. The van der Waals surface area contributed by atoms with Gasteiger partial charge in [0.2, 0.25) is 0 Å². The van der Waals surface area contributed by atoms with Crippen molar-refractivity contribution in [2.24, 2.45) is 0 Å². The third kappa shape index (κ3) is 4.19. The zero-order chi connectivity index (χ0) is 13.9. The van der Waals surface area contributed by atoms with E-state index in [1.807, 2.05) is 0 Å². The maximum atomic E-state index is 13.9. The normalized spacial score (nSPS) is 15.5. The van der Waals surface area contributed by atoms with Gasteiger partial charge in [-0.1, -0.05) is 12.1 Å². The molecule has 0 saturated carbocycles. The summed E-state index contributed by atoms with van der Waals surface area (Å²) in [5.74, 6) is -0.617. The molecule has 0 aliphatic heterocycles. The van der Waals surface area contributed by atoms with Crippen LogP contribution in [-0.2, 0) is 11.4 Å². The fourth-order valence-corrected chi connectivity index (χ4v) is 2.35. The first kappa shape index (κ1) is 15.9. The highest BCUT2D eigenvalue weighted by Gasteiger charge is 2.28. The maximum absolute atomic E-state index is 13.9. The van der Waals surface area contributed by atoms with Gasteiger partial charge in [-0.3, -0.25) is 0 Å². The third-order valence-corrected chi connectivity index (χ3v) is 4.42. The van der Waals surface area contributed by atoms with Crippen LogP contribution in [-0.4, -0.2) is 15.8 Å². The van der Waals surface area contributed by atoms with Crippen LogP contribution in [0.5, 0.6) is 0 Å². The van der Waals surface area contributed by atoms with Gasteiger partial charge in [0, 0.05) is 16.9 Å². The van der Waals surface area contributed by atoms with Crippen molar-refractivity contribution in [3.8, 4) is 0 Å². The van der Waals surface area contributed by atoms with Crippen molar-refractivity contribution in [2.75, 3.05) is 6.54 Å². The van der Waals surface area contributed by atoms with E-state index < -0.39 is 28.1 Å². The molecular weight excluding hydrogens is 324 g/mol. The third-order valence-electron chi connectivity index (χ3n) is 2.27. The van der Waals surface area contributed by atoms with E-state index in [0.29, 0.717) is 0 Å². The van der Waals surface area contributed by atoms with E-state index in [1.54, 1.807) is 26.8 Å². The van der Waals surface area contributed by atoms with Crippen molar-refractivity contribution in [1.82, 2.24) is 4.72 Å². The van der Waals surface area contributed by atoms with Crippen molar-refractivity contribution in [1.29, 1.82) is 0 Å². The molecule has 0 fully saturated rings. The second-order valence-electron chi connectivity index (χ2n) is 4.84. The number of rotatable bonds is 4. The Morgan fingerprint density at radius 2 is 2.06 bits per heavy atom. The number of hydrogen-bond acceptors (Lipinski definition) is 2. The summed E-state index contributed by atoms with van der Waals surface area (Å²) in [5, 5.41) is 0. The Labute approximate surface area is 118 Å². The van der Waals surface area contributed by atoms with E-state index in [4.69, 9.17) is 0 Å². The minimum atomic E-state index is -1.53. The van der Waals surface area contributed by atoms with Crippen molar-refractivity contribution < 1.29 is 13.3 Å². The van der Waals surface area contributed by atoms with Gasteiger partial charge in [0.15, 0.2) is 0 Å². The van der Waals surface area contributed by atoms with Gasteiger partial charge in [-0.05, 0) is 42.8 Å². The predicted octanol–water partition coefficient (Wildman–Crippen LogP) is 3.65. The van der Waals surface area contributed by atoms with Crippen LogP contribution in [0.3, 0.4) is 0 Å². The topological polar surface area (TPSA) is 35.1 Å². The molecule has 0 bridgehead atoms. The van der Waals surface area contributed by atoms with Crippen LogP contribution in [0.4, 0.5) is 8.78 Å². The summed E-state index contributed by atoms with van der Waals surface area (Å²) in [6, 6.07) is 4.45. The Bertz CT molecular complexity index is 412. The zero-order valence-electron chi connectivity index (χ0n) is 10.5. The summed E-state index contributed by atoms with van der Waals surface area (Å²) < 4.78 is 41.5. The van der Waals surface area contributed by atoms with Crippen molar-refractivity contribution >= 4 is 27.3 Å². The van der Waals surface area contributed by atoms with Gasteiger partial charge < -0.3 is 4.55 Å². The average molecular weight is 340 g/mol. The van der Waals surface area contributed by atoms with Gasteiger partial charge >= 0.3 is 0 Å². The standard InChI is InChI=1S/C12H16BrF2NOS/c1-12(2,3)18(17)16-7-10(14)8-5-4-6-9(13)11(8)15/h4-6,10,16H,7H2,1-3H3/t10-,18-/m0/s1. The highest BCUT2D eigenvalue weighted by Crippen LogP contribution is 2.26. The molecule has 1 aromatic rings. The van der Waals surface area contributed by atoms with E-state index in [0.717, 1.165) is 0 Å². The molecular formula is C12H16BrF2NOS. The second-order valence-corrected chi connectivity index (χ2v) is 7.75. The highest BCUT2D eigenvalue weighted by atomic mass is 79.9. The molecule has 0 aliphatic carbocycles. The molecule has 0 unspecified atom stereocenters. The summed E-state index contributed by atoms with van der Waals surface area (Å²) in [6.07, 6.45) is -1.53. The first-order valence-electron chi connectivity index (χ1n) is 5.47. The molecule has 2 nitrogen and oxygen atoms in total. The van der Waals surface area contributed by atoms with E-state index in [1.165, 1.54) is 12.1 Å². The van der Waals surface area contributed by atoms with E-state index in [-0.39, 0.29) is 16.6 Å². The molecule has 0 radical (unpaired) electrons. The van der Waals surface area contributed by atoms with E-state index in [9.17, 15) is 13.3 Å². The van der Waals surface area contributed by atoms with Crippen molar-refractivity contribution in [2.45, 2.75) is 31.7 Å². The number of alkyl halides is 1. The number of hydrogen-bond donors (Lipinski definition) is 1. The van der Waals surface area contributed by atoms with Gasteiger partial charge in [-0.25, -0.2) is 8.78 Å². The molecule has 1 N–H and O–H groups in total. The van der Waals surface area contributed by atoms with Gasteiger partial charge in [0.05, 0.1) is 11.0 Å². The summed E-state index contributed by atoms with van der Waals surface area (Å²) in [5.41, 5.74) is -0.0391. The fraction of sp³-hybridized carbons (Fsp3) is 0.500. The van der Waals surface area contributed by atoms with E-state index in [2.05, 4.69) is 20.7 Å². The van der Waals surface area contributed by atoms with Crippen LogP contribution in [0, 0.1) is 5.82 Å². The molecule has 0 aromatic heterocycles. The summed E-state index contributed by atoms with van der Waals surface area (Å²) in [4.78, 5) is 0. The molecule has 0 spiro atoms. The number of halogens is 3. The molecule has 1 aromatic carbocycles. The summed E-state index contributed by atoms with van der Waals surface area (Å²) >= 11 is 1.64. The molecule has 0 aliphatic rings. The minimum absolute atomic E-state index is 0.0391. The largest absolute Gasteiger partial charge is 0.598 e. The summed E-state index contributed by atoms with van der Waals surface area (Å²) in [7, 11) is 0. The average Bonchev–Trinajstić information content (AvgIpc) is 2.27. The minimum Gasteiger partial charge on any atom is -0.598 e. The van der Waals surface area contributed by atoms with Gasteiger partial charge in [-0.2, -0.15) is 0 Å². The Kier molecular flexibility index (Phi) is 5.58. The molecule has 102 valence electrons. The lowest BCUT2D eigenvalue weighted by molar-refractivity contribution is 0.331. The lowest BCUT2D eigenvalue weighted by Crippen LogP contribution is -2.40. The van der Waals surface area contributed by atoms with Crippen LogP contribution < -0.4 is 4.72 Å².